The highest BCUT2D eigenvalue weighted by Gasteiger charge is 2.14. The van der Waals surface area contributed by atoms with E-state index >= 15 is 0 Å². The average molecular weight is 408 g/mol. The Morgan fingerprint density at radius 3 is 2.53 bits per heavy atom. The summed E-state index contributed by atoms with van der Waals surface area (Å²) in [5.41, 5.74) is 0.593. The van der Waals surface area contributed by atoms with E-state index < -0.39 is 16.8 Å². The Hall–Kier alpha value is -4.19. The van der Waals surface area contributed by atoms with Gasteiger partial charge in [0.25, 0.3) is 11.6 Å². The fourth-order valence-electron chi connectivity index (χ4n) is 2.34. The van der Waals surface area contributed by atoms with Crippen LogP contribution >= 0.6 is 0 Å². The minimum atomic E-state index is -0.707. The summed E-state index contributed by atoms with van der Waals surface area (Å²) in [5, 5.41) is 25.2. The summed E-state index contributed by atoms with van der Waals surface area (Å²) in [6.45, 7) is 2.29. The number of esters is 1. The molecule has 0 unspecified atom stereocenters. The van der Waals surface area contributed by atoms with Crippen molar-refractivity contribution in [2.45, 2.75) is 19.8 Å². The molecule has 0 spiro atoms. The first-order valence-corrected chi connectivity index (χ1v) is 9.15. The Labute approximate surface area is 173 Å². The molecule has 0 aliphatic carbocycles. The average Bonchev–Trinajstić information content (AvgIpc) is 2.75. The zero-order valence-corrected chi connectivity index (χ0v) is 16.3. The lowest BCUT2D eigenvalue weighted by Gasteiger charge is -2.10. The molecule has 0 saturated heterocycles. The van der Waals surface area contributed by atoms with E-state index in [4.69, 9.17) is 4.74 Å². The van der Waals surface area contributed by atoms with Crippen LogP contribution in [-0.4, -0.2) is 23.4 Å². The van der Waals surface area contributed by atoms with E-state index in [1.165, 1.54) is 30.5 Å². The molecular weight excluding hydrogens is 388 g/mol. The Bertz CT molecular complexity index is 993. The van der Waals surface area contributed by atoms with Gasteiger partial charge in [0.05, 0.1) is 22.8 Å². The molecule has 9 nitrogen and oxygen atoms in total. The molecule has 2 N–H and O–H groups in total. The molecule has 9 heteroatoms. The number of nitrogens with zero attached hydrogens (tertiary/aromatic N) is 2. The highest BCUT2D eigenvalue weighted by Crippen LogP contribution is 2.18. The summed E-state index contributed by atoms with van der Waals surface area (Å²) in [6.07, 6.45) is 2.83. The number of anilines is 2. The van der Waals surface area contributed by atoms with Gasteiger partial charge in [-0.2, -0.15) is 5.26 Å². The van der Waals surface area contributed by atoms with Crippen LogP contribution in [0.1, 0.15) is 30.1 Å². The van der Waals surface area contributed by atoms with Crippen molar-refractivity contribution < 1.29 is 19.2 Å². The smallest absolute Gasteiger partial charge is 0.340 e. The van der Waals surface area contributed by atoms with E-state index in [-0.39, 0.29) is 16.8 Å². The number of nitrogens with one attached hydrogen (secondary N) is 2. The number of para-hydroxylation sites is 1. The van der Waals surface area contributed by atoms with E-state index in [1.807, 2.05) is 6.92 Å². The maximum Gasteiger partial charge on any atom is 0.340 e. The first-order valence-electron chi connectivity index (χ1n) is 9.15. The van der Waals surface area contributed by atoms with Gasteiger partial charge in [-0.1, -0.05) is 25.5 Å². The van der Waals surface area contributed by atoms with Gasteiger partial charge in [-0.15, -0.1) is 0 Å². The maximum absolute atomic E-state index is 12.3. The lowest BCUT2D eigenvalue weighted by Crippen LogP contribution is -2.15. The van der Waals surface area contributed by atoms with Gasteiger partial charge in [0.2, 0.25) is 0 Å². The second-order valence-corrected chi connectivity index (χ2v) is 6.11. The second-order valence-electron chi connectivity index (χ2n) is 6.11. The molecule has 2 aromatic rings. The van der Waals surface area contributed by atoms with Gasteiger partial charge in [-0.3, -0.25) is 14.9 Å². The predicted octanol–water partition coefficient (Wildman–Crippen LogP) is 4.01. The number of nitro benzene ring substituents is 1. The number of nitro groups is 1. The van der Waals surface area contributed by atoms with Gasteiger partial charge in [-0.05, 0) is 30.7 Å². The molecule has 0 radical (unpaired) electrons. The van der Waals surface area contributed by atoms with Crippen molar-refractivity contribution in [3.63, 3.8) is 0 Å². The van der Waals surface area contributed by atoms with Gasteiger partial charge >= 0.3 is 5.97 Å². The summed E-state index contributed by atoms with van der Waals surface area (Å²) < 4.78 is 5.20. The quantitative estimate of drug-likeness (QED) is 0.160. The summed E-state index contributed by atoms with van der Waals surface area (Å²) in [7, 11) is 0. The number of carbonyl (C=O) groups is 2. The zero-order chi connectivity index (χ0) is 21.9. The first-order chi connectivity index (χ1) is 14.5. The van der Waals surface area contributed by atoms with Gasteiger partial charge in [0.15, 0.2) is 0 Å². The summed E-state index contributed by atoms with van der Waals surface area (Å²) >= 11 is 0. The van der Waals surface area contributed by atoms with E-state index in [1.54, 1.807) is 30.3 Å². The number of carbonyl (C=O) groups excluding carboxylic acids is 2. The van der Waals surface area contributed by atoms with Crippen LogP contribution in [0.2, 0.25) is 0 Å². The third kappa shape index (κ3) is 6.17. The summed E-state index contributed by atoms with van der Waals surface area (Å²) in [6, 6.07) is 13.6. The Kier molecular flexibility index (Phi) is 8.08. The SMILES string of the molecule is CCCCOC(=O)c1ccccc1N/C=C(/C#N)C(=O)Nc1ccc([N+](=O)[O-])cc1. The molecule has 154 valence electrons. The van der Waals surface area contributed by atoms with Crippen LogP contribution in [-0.2, 0) is 9.53 Å². The molecule has 30 heavy (non-hydrogen) atoms. The number of hydrogen-bond acceptors (Lipinski definition) is 7. The third-order valence-electron chi connectivity index (χ3n) is 3.95. The maximum atomic E-state index is 12.3. The van der Waals surface area contributed by atoms with Crippen molar-refractivity contribution in [3.05, 3.63) is 76.0 Å². The number of benzene rings is 2. The van der Waals surface area contributed by atoms with Crippen LogP contribution in [0.15, 0.2) is 60.3 Å². The lowest BCUT2D eigenvalue weighted by atomic mass is 10.1. The largest absolute Gasteiger partial charge is 0.462 e. The van der Waals surface area contributed by atoms with Gasteiger partial charge in [-0.25, -0.2) is 4.79 Å². The molecule has 0 saturated carbocycles. The molecule has 0 aromatic heterocycles. The Balaban J connectivity index is 2.10. The van der Waals surface area contributed by atoms with Gasteiger partial charge in [0, 0.05) is 24.0 Å². The van der Waals surface area contributed by atoms with Crippen LogP contribution in [0.5, 0.6) is 0 Å². The van der Waals surface area contributed by atoms with E-state index in [2.05, 4.69) is 10.6 Å². The van der Waals surface area contributed by atoms with Crippen molar-refractivity contribution >= 4 is 28.9 Å². The molecule has 1 amide bonds. The lowest BCUT2D eigenvalue weighted by molar-refractivity contribution is -0.384. The highest BCUT2D eigenvalue weighted by atomic mass is 16.6. The fraction of sp³-hybridized carbons (Fsp3) is 0.190. The van der Waals surface area contributed by atoms with Crippen LogP contribution < -0.4 is 10.6 Å². The highest BCUT2D eigenvalue weighted by molar-refractivity contribution is 6.07. The van der Waals surface area contributed by atoms with Crippen LogP contribution in [0.3, 0.4) is 0 Å². The standard InChI is InChI=1S/C21H20N4O5/c1-2-3-12-30-21(27)18-6-4-5-7-19(18)23-14-15(13-22)20(26)24-16-8-10-17(11-9-16)25(28)29/h4-11,14,23H,2-3,12H2,1H3,(H,24,26)/b15-14-. The monoisotopic (exact) mass is 408 g/mol. The zero-order valence-electron chi connectivity index (χ0n) is 16.3. The van der Waals surface area contributed by atoms with E-state index in [9.17, 15) is 25.0 Å². The molecule has 0 fully saturated rings. The number of nitriles is 1. The molecule has 2 aromatic carbocycles. The number of hydrogen-bond donors (Lipinski definition) is 2. The molecule has 0 heterocycles. The van der Waals surface area contributed by atoms with Crippen LogP contribution in [0.4, 0.5) is 17.1 Å². The number of rotatable bonds is 9. The van der Waals surface area contributed by atoms with Crippen LogP contribution in [0.25, 0.3) is 0 Å². The predicted molar refractivity (Wildman–Crippen MR) is 111 cm³/mol. The fourth-order valence-corrected chi connectivity index (χ4v) is 2.34. The van der Waals surface area contributed by atoms with Crippen molar-refractivity contribution in [3.8, 4) is 6.07 Å². The van der Waals surface area contributed by atoms with Crippen molar-refractivity contribution in [1.29, 1.82) is 5.26 Å². The normalized spacial score (nSPS) is 10.6. The number of non-ortho nitro benzene ring substituents is 1. The molecule has 0 aliphatic heterocycles. The summed E-state index contributed by atoms with van der Waals surface area (Å²) in [5.74, 6) is -1.21. The molecule has 2 rings (SSSR count). The van der Waals surface area contributed by atoms with E-state index in [0.29, 0.717) is 18.0 Å². The Morgan fingerprint density at radius 1 is 1.20 bits per heavy atom. The molecule has 0 atom stereocenters. The third-order valence-corrected chi connectivity index (χ3v) is 3.95. The van der Waals surface area contributed by atoms with Gasteiger partial charge < -0.3 is 15.4 Å². The number of ether oxygens (including phenoxy) is 1. The topological polar surface area (TPSA) is 134 Å². The van der Waals surface area contributed by atoms with Crippen LogP contribution in [0, 0.1) is 21.4 Å². The molecular formula is C21H20N4O5. The first kappa shape index (κ1) is 22.1. The van der Waals surface area contributed by atoms with Crippen molar-refractivity contribution in [1.82, 2.24) is 0 Å². The minimum Gasteiger partial charge on any atom is -0.462 e. The van der Waals surface area contributed by atoms with Crippen molar-refractivity contribution in [2.24, 2.45) is 0 Å². The van der Waals surface area contributed by atoms with Crippen molar-refractivity contribution in [2.75, 3.05) is 17.2 Å². The Morgan fingerprint density at radius 2 is 1.90 bits per heavy atom. The van der Waals surface area contributed by atoms with Gasteiger partial charge in [0.1, 0.15) is 11.6 Å². The number of amides is 1. The molecule has 0 bridgehead atoms. The summed E-state index contributed by atoms with van der Waals surface area (Å²) in [4.78, 5) is 34.7. The number of unbranched alkanes of at least 4 members (excludes halogenated alkanes) is 1. The second kappa shape index (κ2) is 11.0. The molecule has 0 aliphatic rings. The minimum absolute atomic E-state index is 0.117. The van der Waals surface area contributed by atoms with E-state index in [0.717, 1.165) is 12.8 Å².